The summed E-state index contributed by atoms with van der Waals surface area (Å²) in [7, 11) is 0.120. The zero-order chi connectivity index (χ0) is 39.0. The van der Waals surface area contributed by atoms with E-state index < -0.39 is 21.7 Å². The Balaban J connectivity index is 1.14. The fourth-order valence-electron chi connectivity index (χ4n) is 9.45. The number of nitrogens with zero attached hydrogens (tertiary/aromatic N) is 4. The summed E-state index contributed by atoms with van der Waals surface area (Å²) in [5.74, 6) is 0.137. The summed E-state index contributed by atoms with van der Waals surface area (Å²) in [6.07, 6.45) is 11.6. The standard InChI is InChI=1S/C43H54ClN5O6S/c1-29-6-4-8-39(53-3)36-12-9-32(36)24-49-27-43(15-5-7-30-20-34(44)11-13-37(30)43)28-55-40-14-10-31(22-38(40)49)41(50)45-56(52,26-29)46-42(51)33-21-35(47(2)23-33)25-48-16-18-54-19-17-48/h4,8,10-11,13-14,20-23,29,32,36,39H,5-7,9,12,15-19,24-28H2,1-3H3,(H,45,46,50,51,52)/b8-4-/t29-,32-,36+,39-,43-,56?/m0/s1. The van der Waals surface area contributed by atoms with Gasteiger partial charge in [0.15, 0.2) is 0 Å². The Hall–Kier alpha value is -3.68. The smallest absolute Gasteiger partial charge is 0.286 e. The summed E-state index contributed by atoms with van der Waals surface area (Å²) in [5, 5.41) is 0.742. The van der Waals surface area contributed by atoms with Crippen LogP contribution in [0.3, 0.4) is 0 Å². The number of benzene rings is 2. The molecule has 2 aliphatic carbocycles. The molecule has 5 aliphatic rings. The monoisotopic (exact) mass is 803 g/mol. The first kappa shape index (κ1) is 39.2. The third-order valence-electron chi connectivity index (χ3n) is 12.6. The fraction of sp³-hybridized carbons (Fsp3) is 0.535. The summed E-state index contributed by atoms with van der Waals surface area (Å²) in [4.78, 5) is 32.7. The van der Waals surface area contributed by atoms with Gasteiger partial charge in [-0.15, -0.1) is 4.36 Å². The van der Waals surface area contributed by atoms with Gasteiger partial charge in [0, 0.05) is 74.8 Å². The highest BCUT2D eigenvalue weighted by molar-refractivity contribution is 7.92. The molecule has 3 aliphatic heterocycles. The maximum absolute atomic E-state index is 14.8. The van der Waals surface area contributed by atoms with Gasteiger partial charge in [0.05, 0.1) is 42.9 Å². The van der Waals surface area contributed by atoms with E-state index in [4.69, 9.17) is 25.8 Å². The maximum atomic E-state index is 14.8. The summed E-state index contributed by atoms with van der Waals surface area (Å²) in [6.45, 7) is 7.63. The van der Waals surface area contributed by atoms with E-state index in [-0.39, 0.29) is 23.2 Å². The molecule has 1 N–H and O–H groups in total. The van der Waals surface area contributed by atoms with Crippen molar-refractivity contribution >= 4 is 39.0 Å². The van der Waals surface area contributed by atoms with Crippen LogP contribution in [-0.4, -0.2) is 90.5 Å². The number of allylic oxidation sites excluding steroid dienone is 1. The number of ether oxygens (including phenoxy) is 3. The molecule has 1 unspecified atom stereocenters. The summed E-state index contributed by atoms with van der Waals surface area (Å²) in [6, 6.07) is 13.5. The highest BCUT2D eigenvalue weighted by Gasteiger charge is 2.44. The second-order valence-electron chi connectivity index (χ2n) is 16.6. The third kappa shape index (κ3) is 8.18. The van der Waals surface area contributed by atoms with Crippen molar-refractivity contribution < 1.29 is 28.0 Å². The minimum atomic E-state index is -3.55. The van der Waals surface area contributed by atoms with Crippen LogP contribution >= 0.6 is 11.6 Å². The van der Waals surface area contributed by atoms with Crippen molar-refractivity contribution in [2.45, 2.75) is 63.5 Å². The van der Waals surface area contributed by atoms with Crippen LogP contribution in [0.4, 0.5) is 5.69 Å². The number of nitrogens with one attached hydrogen (secondary N) is 1. The molecular formula is C43H54ClN5O6S. The van der Waals surface area contributed by atoms with E-state index in [1.54, 1.807) is 19.4 Å². The van der Waals surface area contributed by atoms with E-state index in [1.165, 1.54) is 11.1 Å². The van der Waals surface area contributed by atoms with Gasteiger partial charge in [0.2, 0.25) is 0 Å². The average molecular weight is 804 g/mol. The Kier molecular flexibility index (Phi) is 11.4. The number of morpholine rings is 1. The van der Waals surface area contributed by atoms with E-state index >= 15 is 0 Å². The van der Waals surface area contributed by atoms with Gasteiger partial charge in [-0.05, 0) is 104 Å². The lowest BCUT2D eigenvalue weighted by Crippen LogP contribution is -2.49. The number of carbonyl (C=O) groups is 2. The molecule has 13 heteroatoms. The second kappa shape index (κ2) is 16.3. The highest BCUT2D eigenvalue weighted by atomic mass is 35.5. The molecule has 1 saturated carbocycles. The number of aryl methyl sites for hydroxylation is 2. The van der Waals surface area contributed by atoms with Crippen molar-refractivity contribution in [1.82, 2.24) is 14.2 Å². The van der Waals surface area contributed by atoms with Crippen LogP contribution in [0, 0.1) is 17.8 Å². The number of anilines is 1. The van der Waals surface area contributed by atoms with E-state index in [0.29, 0.717) is 61.5 Å². The number of hydrogen-bond donors (Lipinski definition) is 1. The van der Waals surface area contributed by atoms with Gasteiger partial charge in [0.25, 0.3) is 11.8 Å². The Bertz CT molecular complexity index is 2120. The number of halogens is 1. The predicted octanol–water partition coefficient (Wildman–Crippen LogP) is 6.57. The maximum Gasteiger partial charge on any atom is 0.286 e. The third-order valence-corrected chi connectivity index (χ3v) is 14.8. The van der Waals surface area contributed by atoms with Gasteiger partial charge in [-0.3, -0.25) is 19.2 Å². The summed E-state index contributed by atoms with van der Waals surface area (Å²) >= 11 is 6.48. The number of fused-ring (bicyclic) bond motifs is 4. The Morgan fingerprint density at radius 2 is 1.98 bits per heavy atom. The van der Waals surface area contributed by atoms with Crippen LogP contribution in [0.2, 0.25) is 5.02 Å². The minimum absolute atomic E-state index is 0.0120. The molecule has 4 heterocycles. The van der Waals surface area contributed by atoms with Crippen LogP contribution in [-0.2, 0) is 44.8 Å². The molecule has 2 amide bonds. The van der Waals surface area contributed by atoms with Gasteiger partial charge >= 0.3 is 0 Å². The topological polar surface area (TPSA) is 115 Å². The molecule has 56 heavy (non-hydrogen) atoms. The lowest BCUT2D eigenvalue weighted by atomic mass is 9.68. The van der Waals surface area contributed by atoms with Gasteiger partial charge in [-0.25, -0.2) is 4.21 Å². The number of amides is 2. The first-order chi connectivity index (χ1) is 27.0. The van der Waals surface area contributed by atoms with Crippen LogP contribution < -0.4 is 14.4 Å². The van der Waals surface area contributed by atoms with E-state index in [1.807, 2.05) is 42.8 Å². The molecule has 1 aromatic heterocycles. The number of carbonyl (C=O) groups excluding carboxylic acids is 2. The van der Waals surface area contributed by atoms with Crippen LogP contribution in [0.25, 0.3) is 0 Å². The van der Waals surface area contributed by atoms with Crippen LogP contribution in [0.5, 0.6) is 5.75 Å². The number of hydrogen-bond acceptors (Lipinski definition) is 8. The number of rotatable bonds is 5. The SMILES string of the molecule is CO[C@H]1/C=C\C[C@H](C)CS(=O)(NC(=O)c2cc(CN3CCOCC3)n(C)c2)=NC(=O)c2ccc3c(c2)N(C[C@@H]2CC[C@H]21)C[C@@]1(CCCc2cc(Cl)ccc21)CO3. The largest absolute Gasteiger partial charge is 0.490 e. The Labute approximate surface area is 336 Å². The molecule has 3 aromatic rings. The molecule has 2 fully saturated rings. The Morgan fingerprint density at radius 1 is 1.14 bits per heavy atom. The summed E-state index contributed by atoms with van der Waals surface area (Å²) in [5.41, 5.74) is 4.74. The normalized spacial score (nSPS) is 30.2. The lowest BCUT2D eigenvalue weighted by Gasteiger charge is -2.46. The highest BCUT2D eigenvalue weighted by Crippen LogP contribution is 2.47. The van der Waals surface area contributed by atoms with Crippen molar-refractivity contribution in [3.63, 3.8) is 0 Å². The quantitative estimate of drug-likeness (QED) is 0.288. The van der Waals surface area contributed by atoms with E-state index in [2.05, 4.69) is 43.2 Å². The lowest BCUT2D eigenvalue weighted by molar-refractivity contribution is 0.0131. The van der Waals surface area contributed by atoms with Gasteiger partial charge in [-0.1, -0.05) is 36.7 Å². The van der Waals surface area contributed by atoms with Crippen LogP contribution in [0.1, 0.15) is 76.6 Å². The number of methoxy groups -OCH3 is 1. The zero-order valence-electron chi connectivity index (χ0n) is 32.7. The van der Waals surface area contributed by atoms with Crippen molar-refractivity contribution in [2.24, 2.45) is 29.2 Å². The molecular weight excluding hydrogens is 750 g/mol. The fourth-order valence-corrected chi connectivity index (χ4v) is 11.5. The molecule has 2 aromatic carbocycles. The summed E-state index contributed by atoms with van der Waals surface area (Å²) < 4.78 is 42.1. The zero-order valence-corrected chi connectivity index (χ0v) is 34.3. The Morgan fingerprint density at radius 3 is 2.77 bits per heavy atom. The molecule has 1 saturated heterocycles. The molecule has 0 radical (unpaired) electrons. The second-order valence-corrected chi connectivity index (χ2v) is 19.0. The van der Waals surface area contributed by atoms with Gasteiger partial charge in [-0.2, -0.15) is 0 Å². The first-order valence-electron chi connectivity index (χ1n) is 20.1. The average Bonchev–Trinajstić information content (AvgIpc) is 3.46. The minimum Gasteiger partial charge on any atom is -0.490 e. The van der Waals surface area contributed by atoms with Crippen molar-refractivity contribution in [3.8, 4) is 5.75 Å². The molecule has 1 spiro atoms. The van der Waals surface area contributed by atoms with Gasteiger partial charge < -0.3 is 23.7 Å². The molecule has 8 rings (SSSR count). The molecule has 300 valence electrons. The van der Waals surface area contributed by atoms with Crippen molar-refractivity contribution in [3.05, 3.63) is 93.8 Å². The molecule has 11 nitrogen and oxygen atoms in total. The van der Waals surface area contributed by atoms with Crippen molar-refractivity contribution in [1.29, 1.82) is 0 Å². The van der Waals surface area contributed by atoms with Crippen LogP contribution in [0.15, 0.2) is 65.2 Å². The predicted molar refractivity (Wildman–Crippen MR) is 219 cm³/mol. The van der Waals surface area contributed by atoms with Gasteiger partial charge in [0.1, 0.15) is 15.7 Å². The van der Waals surface area contributed by atoms with Crippen molar-refractivity contribution in [2.75, 3.05) is 63.8 Å². The van der Waals surface area contributed by atoms with E-state index in [9.17, 15) is 13.8 Å². The molecule has 2 bridgehead atoms. The van der Waals surface area contributed by atoms with E-state index in [0.717, 1.165) is 74.7 Å². The number of aromatic nitrogens is 1. The molecule has 6 atom stereocenters. The first-order valence-corrected chi connectivity index (χ1v) is 22.1.